The van der Waals surface area contributed by atoms with Gasteiger partial charge in [0, 0.05) is 6.54 Å². The maximum Gasteiger partial charge on any atom is 0.325 e. The van der Waals surface area contributed by atoms with E-state index in [1.165, 1.54) is 0 Å². The maximum atomic E-state index is 12.3. The summed E-state index contributed by atoms with van der Waals surface area (Å²) in [5.41, 5.74) is 1.12. The highest BCUT2D eigenvalue weighted by Crippen LogP contribution is 2.12. The van der Waals surface area contributed by atoms with E-state index in [9.17, 15) is 14.4 Å². The molecule has 0 aliphatic carbocycles. The van der Waals surface area contributed by atoms with Gasteiger partial charge in [-0.3, -0.25) is 14.5 Å². The van der Waals surface area contributed by atoms with Crippen LogP contribution in [0.3, 0.4) is 0 Å². The highest BCUT2D eigenvalue weighted by Gasteiger charge is 2.38. The number of carbonyl (C=O) groups is 3. The van der Waals surface area contributed by atoms with Gasteiger partial charge in [-0.05, 0) is 24.8 Å². The van der Waals surface area contributed by atoms with E-state index in [-0.39, 0.29) is 18.4 Å². The molecule has 0 bridgehead atoms. The predicted molar refractivity (Wildman–Crippen MR) is 86.7 cm³/mol. The number of nitrogens with zero attached hydrogens (tertiary/aromatic N) is 1. The van der Waals surface area contributed by atoms with Crippen molar-refractivity contribution in [3.05, 3.63) is 35.9 Å². The van der Waals surface area contributed by atoms with Crippen LogP contribution in [0.2, 0.25) is 0 Å². The number of benzene rings is 1. The van der Waals surface area contributed by atoms with E-state index in [4.69, 9.17) is 0 Å². The molecule has 6 nitrogen and oxygen atoms in total. The average molecular weight is 317 g/mol. The fourth-order valence-corrected chi connectivity index (χ4v) is 2.48. The topological polar surface area (TPSA) is 78.5 Å². The monoisotopic (exact) mass is 317 g/mol. The summed E-state index contributed by atoms with van der Waals surface area (Å²) in [6, 6.07) is 8.75. The largest absolute Gasteiger partial charge is 0.355 e. The molecular weight excluding hydrogens is 294 g/mol. The molecular formula is C17H23N3O3. The third-order valence-electron chi connectivity index (χ3n) is 3.83. The molecule has 1 aromatic carbocycles. The predicted octanol–water partition coefficient (Wildman–Crippen LogP) is 1.46. The lowest BCUT2D eigenvalue weighted by Crippen LogP contribution is -2.41. The van der Waals surface area contributed by atoms with Gasteiger partial charge in [-0.2, -0.15) is 0 Å². The van der Waals surface area contributed by atoms with Gasteiger partial charge in [0.2, 0.25) is 5.91 Å². The van der Waals surface area contributed by atoms with Gasteiger partial charge in [-0.1, -0.05) is 43.7 Å². The molecule has 1 atom stereocenters. The van der Waals surface area contributed by atoms with Crippen LogP contribution >= 0.6 is 0 Å². The second kappa shape index (κ2) is 8.31. The van der Waals surface area contributed by atoms with Crippen molar-refractivity contribution in [1.82, 2.24) is 15.5 Å². The standard InChI is InChI=1S/C17H23N3O3/c1-2-3-11-18-15(21)12-20-16(22)14(19-17(20)23)10-9-13-7-5-4-6-8-13/h4-8,14H,2-3,9-12H2,1H3,(H,18,21)(H,19,23)/t14-/m1/s1. The molecule has 2 rings (SSSR count). The van der Waals surface area contributed by atoms with Gasteiger partial charge in [0.25, 0.3) is 5.91 Å². The van der Waals surface area contributed by atoms with Crippen molar-refractivity contribution in [2.75, 3.05) is 13.1 Å². The third-order valence-corrected chi connectivity index (χ3v) is 3.83. The van der Waals surface area contributed by atoms with Crippen molar-refractivity contribution in [2.45, 2.75) is 38.6 Å². The van der Waals surface area contributed by atoms with Gasteiger partial charge >= 0.3 is 6.03 Å². The van der Waals surface area contributed by atoms with Crippen LogP contribution in [0, 0.1) is 0 Å². The fraction of sp³-hybridized carbons (Fsp3) is 0.471. The highest BCUT2D eigenvalue weighted by atomic mass is 16.2. The quantitative estimate of drug-likeness (QED) is 0.563. The summed E-state index contributed by atoms with van der Waals surface area (Å²) in [4.78, 5) is 36.9. The lowest BCUT2D eigenvalue weighted by atomic mass is 10.1. The molecule has 1 aromatic rings. The summed E-state index contributed by atoms with van der Waals surface area (Å²) >= 11 is 0. The Morgan fingerprint density at radius 3 is 2.70 bits per heavy atom. The minimum atomic E-state index is -0.550. The number of nitrogens with one attached hydrogen (secondary N) is 2. The molecule has 1 saturated heterocycles. The lowest BCUT2D eigenvalue weighted by molar-refractivity contribution is -0.132. The van der Waals surface area contributed by atoms with E-state index in [1.54, 1.807) is 0 Å². The van der Waals surface area contributed by atoms with Crippen LogP contribution < -0.4 is 10.6 Å². The summed E-state index contributed by atoms with van der Waals surface area (Å²) < 4.78 is 0. The van der Waals surface area contributed by atoms with Crippen LogP contribution in [-0.2, 0) is 16.0 Å². The molecule has 0 saturated carbocycles. The van der Waals surface area contributed by atoms with Crippen LogP contribution in [-0.4, -0.2) is 41.9 Å². The molecule has 23 heavy (non-hydrogen) atoms. The summed E-state index contributed by atoms with van der Waals surface area (Å²) in [6.45, 7) is 2.38. The summed E-state index contributed by atoms with van der Waals surface area (Å²) in [5.74, 6) is -0.623. The van der Waals surface area contributed by atoms with Gasteiger partial charge < -0.3 is 10.6 Å². The molecule has 1 aliphatic rings. The number of hydrogen-bond donors (Lipinski definition) is 2. The number of carbonyl (C=O) groups excluding carboxylic acids is 3. The normalized spacial score (nSPS) is 17.3. The number of unbranched alkanes of at least 4 members (excludes halogenated alkanes) is 1. The van der Waals surface area contributed by atoms with E-state index in [2.05, 4.69) is 10.6 Å². The second-order valence-corrected chi connectivity index (χ2v) is 5.65. The Morgan fingerprint density at radius 2 is 2.00 bits per heavy atom. The summed E-state index contributed by atoms with van der Waals surface area (Å²) in [7, 11) is 0. The molecule has 0 aromatic heterocycles. The van der Waals surface area contributed by atoms with Crippen molar-refractivity contribution in [1.29, 1.82) is 0 Å². The molecule has 6 heteroatoms. The maximum absolute atomic E-state index is 12.3. The number of rotatable bonds is 8. The first-order valence-corrected chi connectivity index (χ1v) is 8.04. The van der Waals surface area contributed by atoms with Crippen LogP contribution in [0.25, 0.3) is 0 Å². The molecule has 0 unspecified atom stereocenters. The van der Waals surface area contributed by atoms with E-state index in [0.717, 1.165) is 23.3 Å². The van der Waals surface area contributed by atoms with Crippen molar-refractivity contribution < 1.29 is 14.4 Å². The van der Waals surface area contributed by atoms with Crippen LogP contribution in [0.15, 0.2) is 30.3 Å². The smallest absolute Gasteiger partial charge is 0.325 e. The van der Waals surface area contributed by atoms with Crippen molar-refractivity contribution in [2.24, 2.45) is 0 Å². The van der Waals surface area contributed by atoms with Gasteiger partial charge in [0.05, 0.1) is 0 Å². The zero-order valence-corrected chi connectivity index (χ0v) is 13.4. The first kappa shape index (κ1) is 17.0. The van der Waals surface area contributed by atoms with E-state index >= 15 is 0 Å². The Kier molecular flexibility index (Phi) is 6.14. The summed E-state index contributed by atoms with van der Waals surface area (Å²) in [5, 5.41) is 5.37. The Hall–Kier alpha value is -2.37. The van der Waals surface area contributed by atoms with Gasteiger partial charge in [-0.25, -0.2) is 4.79 Å². The van der Waals surface area contributed by atoms with E-state index in [1.807, 2.05) is 37.3 Å². The van der Waals surface area contributed by atoms with Crippen molar-refractivity contribution >= 4 is 17.8 Å². The Labute approximate surface area is 136 Å². The number of hydrogen-bond acceptors (Lipinski definition) is 3. The van der Waals surface area contributed by atoms with Crippen LogP contribution in [0.1, 0.15) is 31.7 Å². The van der Waals surface area contributed by atoms with Crippen LogP contribution in [0.4, 0.5) is 4.79 Å². The molecule has 124 valence electrons. The molecule has 4 amide bonds. The molecule has 1 aliphatic heterocycles. The number of amides is 4. The zero-order chi connectivity index (χ0) is 16.7. The van der Waals surface area contributed by atoms with Crippen LogP contribution in [0.5, 0.6) is 0 Å². The minimum absolute atomic E-state index is 0.212. The highest BCUT2D eigenvalue weighted by molar-refractivity contribution is 6.06. The summed E-state index contributed by atoms with van der Waals surface area (Å²) in [6.07, 6.45) is 3.09. The van der Waals surface area contributed by atoms with Gasteiger partial charge in [0.1, 0.15) is 12.6 Å². The van der Waals surface area contributed by atoms with E-state index in [0.29, 0.717) is 19.4 Å². The van der Waals surface area contributed by atoms with E-state index < -0.39 is 12.1 Å². The lowest BCUT2D eigenvalue weighted by Gasteiger charge is -2.13. The Bertz CT molecular complexity index is 559. The zero-order valence-electron chi connectivity index (χ0n) is 13.4. The van der Waals surface area contributed by atoms with Crippen molar-refractivity contribution in [3.63, 3.8) is 0 Å². The SMILES string of the molecule is CCCCNC(=O)CN1C(=O)N[C@H](CCc2ccccc2)C1=O. The molecule has 1 fully saturated rings. The number of aryl methyl sites for hydroxylation is 1. The molecule has 0 radical (unpaired) electrons. The Morgan fingerprint density at radius 1 is 1.26 bits per heavy atom. The number of urea groups is 1. The average Bonchev–Trinajstić information content (AvgIpc) is 2.82. The van der Waals surface area contributed by atoms with Gasteiger partial charge in [0.15, 0.2) is 0 Å². The number of imide groups is 1. The van der Waals surface area contributed by atoms with Crippen molar-refractivity contribution in [3.8, 4) is 0 Å². The first-order valence-electron chi connectivity index (χ1n) is 8.04. The first-order chi connectivity index (χ1) is 11.1. The minimum Gasteiger partial charge on any atom is -0.355 e. The molecule has 2 N–H and O–H groups in total. The fourth-order valence-electron chi connectivity index (χ4n) is 2.48. The second-order valence-electron chi connectivity index (χ2n) is 5.65. The molecule has 0 spiro atoms. The third kappa shape index (κ3) is 4.81. The molecule has 1 heterocycles. The van der Waals surface area contributed by atoms with Gasteiger partial charge in [-0.15, -0.1) is 0 Å². The Balaban J connectivity index is 1.83.